The summed E-state index contributed by atoms with van der Waals surface area (Å²) in [6, 6.07) is 15.4. The third kappa shape index (κ3) is 6.15. The van der Waals surface area contributed by atoms with Crippen molar-refractivity contribution in [3.8, 4) is 0 Å². The van der Waals surface area contributed by atoms with Crippen molar-refractivity contribution in [3.05, 3.63) is 83.9 Å². The average Bonchev–Trinajstić information content (AvgIpc) is 2.86. The maximum Gasteiger partial charge on any atom is 0.227 e. The molecule has 1 N–H and O–H groups in total. The predicted molar refractivity (Wildman–Crippen MR) is 129 cm³/mol. The van der Waals surface area contributed by atoms with Gasteiger partial charge in [0.1, 0.15) is 5.82 Å². The van der Waals surface area contributed by atoms with E-state index in [1.807, 2.05) is 36.1 Å². The third-order valence-electron chi connectivity index (χ3n) is 5.99. The van der Waals surface area contributed by atoms with Crippen LogP contribution in [-0.2, 0) is 16.0 Å². The molecule has 1 saturated heterocycles. The van der Waals surface area contributed by atoms with Gasteiger partial charge in [-0.15, -0.1) is 0 Å². The van der Waals surface area contributed by atoms with E-state index in [0.717, 1.165) is 11.1 Å². The highest BCUT2D eigenvalue weighted by atomic mass is 19.1. The monoisotopic (exact) mass is 461 g/mol. The first-order chi connectivity index (χ1) is 16.5. The molecule has 8 heteroatoms. The van der Waals surface area contributed by atoms with E-state index in [1.54, 1.807) is 30.6 Å². The Morgan fingerprint density at radius 3 is 2.26 bits per heavy atom. The minimum Gasteiger partial charge on any atom is -0.339 e. The molecule has 1 atom stereocenters. The molecule has 0 radical (unpaired) electrons. The molecule has 2 heterocycles. The Balaban J connectivity index is 1.23. The Labute approximate surface area is 198 Å². The highest BCUT2D eigenvalue weighted by Crippen LogP contribution is 2.20. The summed E-state index contributed by atoms with van der Waals surface area (Å²) in [7, 11) is 0. The SMILES string of the molecule is CC(CC(=O)Nc1ccc(CC(=O)N2CCN(c3ncccn3)CC2)cc1)c1ccc(F)cc1. The maximum absolute atomic E-state index is 13.1. The summed E-state index contributed by atoms with van der Waals surface area (Å²) in [6.45, 7) is 4.62. The van der Waals surface area contributed by atoms with Crippen molar-refractivity contribution in [2.75, 3.05) is 36.4 Å². The van der Waals surface area contributed by atoms with E-state index in [4.69, 9.17) is 0 Å². The van der Waals surface area contributed by atoms with E-state index in [9.17, 15) is 14.0 Å². The van der Waals surface area contributed by atoms with Crippen molar-refractivity contribution >= 4 is 23.5 Å². The highest BCUT2D eigenvalue weighted by Gasteiger charge is 2.22. The minimum absolute atomic E-state index is 0.0218. The molecule has 1 fully saturated rings. The van der Waals surface area contributed by atoms with E-state index in [1.165, 1.54) is 12.1 Å². The molecule has 176 valence electrons. The summed E-state index contributed by atoms with van der Waals surface area (Å²) in [6.07, 6.45) is 4.06. The Morgan fingerprint density at radius 2 is 1.62 bits per heavy atom. The molecule has 1 aliphatic rings. The lowest BCUT2D eigenvalue weighted by atomic mass is 9.97. The number of amides is 2. The van der Waals surface area contributed by atoms with E-state index in [-0.39, 0.29) is 23.5 Å². The van der Waals surface area contributed by atoms with Crippen molar-refractivity contribution < 1.29 is 14.0 Å². The molecular weight excluding hydrogens is 433 g/mol. The van der Waals surface area contributed by atoms with Crippen molar-refractivity contribution in [2.45, 2.75) is 25.7 Å². The molecular formula is C26H28FN5O2. The van der Waals surface area contributed by atoms with Gasteiger partial charge in [-0.1, -0.05) is 31.2 Å². The third-order valence-corrected chi connectivity index (χ3v) is 5.99. The number of carbonyl (C=O) groups is 2. The summed E-state index contributed by atoms with van der Waals surface area (Å²) in [4.78, 5) is 37.6. The van der Waals surface area contributed by atoms with Gasteiger partial charge in [0.05, 0.1) is 6.42 Å². The fourth-order valence-electron chi connectivity index (χ4n) is 4.00. The molecule has 4 rings (SSSR count). The molecule has 2 aromatic carbocycles. The zero-order chi connectivity index (χ0) is 23.9. The van der Waals surface area contributed by atoms with Gasteiger partial charge in [-0.25, -0.2) is 14.4 Å². The number of benzene rings is 2. The number of nitrogens with zero attached hydrogens (tertiary/aromatic N) is 4. The molecule has 34 heavy (non-hydrogen) atoms. The lowest BCUT2D eigenvalue weighted by Crippen LogP contribution is -2.49. The van der Waals surface area contributed by atoms with Crippen LogP contribution in [0.25, 0.3) is 0 Å². The first-order valence-corrected chi connectivity index (χ1v) is 11.4. The number of hydrogen-bond acceptors (Lipinski definition) is 5. The quantitative estimate of drug-likeness (QED) is 0.581. The summed E-state index contributed by atoms with van der Waals surface area (Å²) >= 11 is 0. The summed E-state index contributed by atoms with van der Waals surface area (Å²) in [5.74, 6) is 0.355. The van der Waals surface area contributed by atoms with Crippen LogP contribution < -0.4 is 10.2 Å². The highest BCUT2D eigenvalue weighted by molar-refractivity contribution is 5.91. The largest absolute Gasteiger partial charge is 0.339 e. The first kappa shape index (κ1) is 23.4. The van der Waals surface area contributed by atoms with E-state index in [2.05, 4.69) is 20.2 Å². The molecule has 1 unspecified atom stereocenters. The minimum atomic E-state index is -0.289. The fraction of sp³-hybridized carbons (Fsp3) is 0.308. The lowest BCUT2D eigenvalue weighted by molar-refractivity contribution is -0.130. The number of piperazine rings is 1. The van der Waals surface area contributed by atoms with Gasteiger partial charge in [0.15, 0.2) is 0 Å². The second kappa shape index (κ2) is 10.9. The van der Waals surface area contributed by atoms with Gasteiger partial charge >= 0.3 is 0 Å². The molecule has 1 aliphatic heterocycles. The molecule has 7 nitrogen and oxygen atoms in total. The number of hydrogen-bond donors (Lipinski definition) is 1. The summed E-state index contributed by atoms with van der Waals surface area (Å²) in [5, 5.41) is 2.89. The number of halogens is 1. The lowest BCUT2D eigenvalue weighted by Gasteiger charge is -2.34. The van der Waals surface area contributed by atoms with Crippen molar-refractivity contribution in [1.82, 2.24) is 14.9 Å². The van der Waals surface area contributed by atoms with Gasteiger partial charge in [0.25, 0.3) is 0 Å². The van der Waals surface area contributed by atoms with Gasteiger partial charge in [0, 0.05) is 50.7 Å². The number of anilines is 2. The van der Waals surface area contributed by atoms with E-state index < -0.39 is 0 Å². The van der Waals surface area contributed by atoms with Crippen LogP contribution in [0.5, 0.6) is 0 Å². The van der Waals surface area contributed by atoms with E-state index >= 15 is 0 Å². The summed E-state index contributed by atoms with van der Waals surface area (Å²) in [5.41, 5.74) is 2.50. The molecule has 0 aliphatic carbocycles. The van der Waals surface area contributed by atoms with Crippen molar-refractivity contribution in [1.29, 1.82) is 0 Å². The second-order valence-corrected chi connectivity index (χ2v) is 8.50. The van der Waals surface area contributed by atoms with Gasteiger partial charge in [-0.2, -0.15) is 0 Å². The molecule has 0 saturated carbocycles. The van der Waals surface area contributed by atoms with Gasteiger partial charge in [-0.3, -0.25) is 9.59 Å². The van der Waals surface area contributed by atoms with Crippen LogP contribution in [0.2, 0.25) is 0 Å². The Kier molecular flexibility index (Phi) is 7.47. The van der Waals surface area contributed by atoms with Crippen molar-refractivity contribution in [3.63, 3.8) is 0 Å². The molecule has 3 aromatic rings. The fourth-order valence-corrected chi connectivity index (χ4v) is 4.00. The van der Waals surface area contributed by atoms with Crippen LogP contribution in [0, 0.1) is 5.82 Å². The number of nitrogens with one attached hydrogen (secondary N) is 1. The van der Waals surface area contributed by atoms with Gasteiger partial charge in [0.2, 0.25) is 17.8 Å². The first-order valence-electron chi connectivity index (χ1n) is 11.4. The zero-order valence-corrected chi connectivity index (χ0v) is 19.2. The molecule has 2 amide bonds. The van der Waals surface area contributed by atoms with Gasteiger partial charge in [-0.05, 0) is 47.4 Å². The van der Waals surface area contributed by atoms with Crippen LogP contribution in [0.15, 0.2) is 67.0 Å². The Bertz CT molecular complexity index is 1100. The standard InChI is InChI=1S/C26H28FN5O2/c1-19(21-5-7-22(27)8-6-21)17-24(33)30-23-9-3-20(4-10-23)18-25(34)31-13-15-32(16-14-31)26-28-11-2-12-29-26/h2-12,19H,13-18H2,1H3,(H,30,33). The Hall–Kier alpha value is -3.81. The average molecular weight is 462 g/mol. The van der Waals surface area contributed by atoms with Crippen LogP contribution >= 0.6 is 0 Å². The number of rotatable bonds is 7. The second-order valence-electron chi connectivity index (χ2n) is 8.50. The van der Waals surface area contributed by atoms with Crippen LogP contribution in [0.4, 0.5) is 16.0 Å². The van der Waals surface area contributed by atoms with Crippen molar-refractivity contribution in [2.24, 2.45) is 0 Å². The number of aromatic nitrogens is 2. The smallest absolute Gasteiger partial charge is 0.227 e. The molecule has 0 bridgehead atoms. The van der Waals surface area contributed by atoms with Gasteiger partial charge < -0.3 is 15.1 Å². The van der Waals surface area contributed by atoms with Crippen LogP contribution in [-0.4, -0.2) is 52.9 Å². The Morgan fingerprint density at radius 1 is 0.971 bits per heavy atom. The number of carbonyl (C=O) groups excluding carboxylic acids is 2. The molecule has 0 spiro atoms. The van der Waals surface area contributed by atoms with E-state index in [0.29, 0.717) is 50.7 Å². The maximum atomic E-state index is 13.1. The normalized spacial score (nSPS) is 14.5. The van der Waals surface area contributed by atoms with Crippen LogP contribution in [0.3, 0.4) is 0 Å². The molecule has 1 aromatic heterocycles. The topological polar surface area (TPSA) is 78.4 Å². The zero-order valence-electron chi connectivity index (χ0n) is 19.2. The predicted octanol–water partition coefficient (Wildman–Crippen LogP) is 3.64. The van der Waals surface area contributed by atoms with Crippen LogP contribution in [0.1, 0.15) is 30.4 Å². The summed E-state index contributed by atoms with van der Waals surface area (Å²) < 4.78 is 13.1.